The number of aryl methyl sites for hydroxylation is 1. The molecule has 2 aliphatic heterocycles. The van der Waals surface area contributed by atoms with Crippen LogP contribution in [0, 0.1) is 5.82 Å². The fourth-order valence-corrected chi connectivity index (χ4v) is 7.12. The van der Waals surface area contributed by atoms with Gasteiger partial charge in [0.15, 0.2) is 11.5 Å². The van der Waals surface area contributed by atoms with Crippen molar-refractivity contribution in [1.82, 2.24) is 10.2 Å². The van der Waals surface area contributed by atoms with Gasteiger partial charge in [0.2, 0.25) is 5.91 Å². The molecule has 0 spiro atoms. The number of benzene rings is 2. The number of rotatable bonds is 18. The molecule has 0 radical (unpaired) electrons. The molecule has 2 aromatic rings. The van der Waals surface area contributed by atoms with Gasteiger partial charge in [-0.3, -0.25) is 4.79 Å². The molecule has 3 atom stereocenters. The number of likely N-dealkylation sites (tertiary alicyclic amines) is 1. The number of hydrogen-bond donors (Lipinski definition) is 1. The molecule has 1 N–H and O–H groups in total. The molecule has 248 valence electrons. The van der Waals surface area contributed by atoms with Crippen molar-refractivity contribution in [2.24, 2.45) is 0 Å². The minimum Gasteiger partial charge on any atom is -0.494 e. The molecule has 3 aliphatic rings. The van der Waals surface area contributed by atoms with Gasteiger partial charge in [-0.25, -0.2) is 4.39 Å². The minimum atomic E-state index is -0.216. The third-order valence-corrected chi connectivity index (χ3v) is 9.65. The van der Waals surface area contributed by atoms with E-state index in [1.807, 2.05) is 17.9 Å². The van der Waals surface area contributed by atoms with E-state index >= 15 is 0 Å². The smallest absolute Gasteiger partial charge is 0.223 e. The second kappa shape index (κ2) is 17.2. The van der Waals surface area contributed by atoms with Crippen LogP contribution in [0.3, 0.4) is 0 Å². The summed E-state index contributed by atoms with van der Waals surface area (Å²) in [6, 6.07) is 11.0. The molecule has 8 heteroatoms. The molecule has 2 heterocycles. The quantitative estimate of drug-likeness (QED) is 0.177. The number of hydrogen-bond acceptors (Lipinski definition) is 6. The fraction of sp³-hybridized carbons (Fsp3) is 0.649. The fourth-order valence-electron chi connectivity index (χ4n) is 7.12. The molecular formula is C37H53FN2O5. The van der Waals surface area contributed by atoms with E-state index in [4.69, 9.17) is 18.9 Å². The first kappa shape index (κ1) is 33.5. The third kappa shape index (κ3) is 9.82. The summed E-state index contributed by atoms with van der Waals surface area (Å²) in [5, 5.41) is 3.58. The Morgan fingerprint density at radius 1 is 0.933 bits per heavy atom. The summed E-state index contributed by atoms with van der Waals surface area (Å²) in [5.41, 5.74) is 2.10. The molecule has 3 unspecified atom stereocenters. The van der Waals surface area contributed by atoms with Crippen LogP contribution in [-0.4, -0.2) is 69.0 Å². The number of unbranched alkanes of at least 4 members (excludes halogenated alkanes) is 2. The van der Waals surface area contributed by atoms with Gasteiger partial charge in [-0.1, -0.05) is 12.5 Å². The summed E-state index contributed by atoms with van der Waals surface area (Å²) in [6.07, 6.45) is 14.1. The summed E-state index contributed by atoms with van der Waals surface area (Å²) >= 11 is 0. The van der Waals surface area contributed by atoms with Crippen LogP contribution in [0.5, 0.6) is 17.2 Å². The average Bonchev–Trinajstić information content (AvgIpc) is 3.81. The zero-order valence-corrected chi connectivity index (χ0v) is 27.4. The zero-order chi connectivity index (χ0) is 31.4. The Bertz CT molecular complexity index is 1220. The van der Waals surface area contributed by atoms with E-state index in [2.05, 4.69) is 17.4 Å². The maximum Gasteiger partial charge on any atom is 0.223 e. The van der Waals surface area contributed by atoms with Gasteiger partial charge in [0, 0.05) is 25.4 Å². The van der Waals surface area contributed by atoms with Crippen LogP contribution < -0.4 is 19.5 Å². The van der Waals surface area contributed by atoms with Crippen molar-refractivity contribution in [3.05, 3.63) is 53.3 Å². The van der Waals surface area contributed by atoms with E-state index < -0.39 is 0 Å². The third-order valence-electron chi connectivity index (χ3n) is 9.65. The van der Waals surface area contributed by atoms with E-state index in [1.54, 1.807) is 19.2 Å². The number of carbonyl (C=O) groups is 1. The normalized spacial score (nSPS) is 22.0. The summed E-state index contributed by atoms with van der Waals surface area (Å²) < 4.78 is 37.5. The molecule has 45 heavy (non-hydrogen) atoms. The average molecular weight is 625 g/mol. The van der Waals surface area contributed by atoms with E-state index in [0.29, 0.717) is 19.1 Å². The van der Waals surface area contributed by atoms with Crippen LogP contribution in [0.2, 0.25) is 0 Å². The van der Waals surface area contributed by atoms with Gasteiger partial charge in [0.25, 0.3) is 0 Å². The van der Waals surface area contributed by atoms with E-state index in [0.717, 1.165) is 113 Å². The number of methoxy groups -OCH3 is 1. The van der Waals surface area contributed by atoms with Crippen molar-refractivity contribution >= 4 is 5.91 Å². The Morgan fingerprint density at radius 2 is 1.73 bits per heavy atom. The van der Waals surface area contributed by atoms with Crippen LogP contribution >= 0.6 is 0 Å². The van der Waals surface area contributed by atoms with Crippen molar-refractivity contribution in [2.45, 2.75) is 115 Å². The maximum atomic E-state index is 13.7. The first-order chi connectivity index (χ1) is 22.0. The lowest BCUT2D eigenvalue weighted by molar-refractivity contribution is -0.127. The van der Waals surface area contributed by atoms with Crippen LogP contribution in [0.25, 0.3) is 0 Å². The number of ether oxygens (including phenoxy) is 4. The molecule has 2 saturated heterocycles. The lowest BCUT2D eigenvalue weighted by Crippen LogP contribution is -2.26. The number of halogens is 1. The Morgan fingerprint density at radius 3 is 2.53 bits per heavy atom. The Hall–Kier alpha value is -2.84. The standard InChI is InChI=1S/C37H53FN2O5/c1-3-43-34-18-13-30(38)23-28(34)11-14-32-15-16-33(44-32)19-21-39-20-7-4-8-22-40-26-29(25-37(40)41)27-12-17-35(42-2)36(24-27)45-31-9-5-6-10-31/h12-13,17-18,23-24,29,31-33,39H,3-11,14-16,19-22,25-26H2,1-2H3. The highest BCUT2D eigenvalue weighted by atomic mass is 19.1. The molecule has 3 fully saturated rings. The molecular weight excluding hydrogens is 571 g/mol. The van der Waals surface area contributed by atoms with E-state index in [1.165, 1.54) is 24.5 Å². The Balaban J connectivity index is 0.926. The van der Waals surface area contributed by atoms with Gasteiger partial charge in [-0.2, -0.15) is 0 Å². The molecule has 5 rings (SSSR count). The number of carbonyl (C=O) groups excluding carboxylic acids is 1. The molecule has 7 nitrogen and oxygen atoms in total. The maximum absolute atomic E-state index is 13.7. The highest BCUT2D eigenvalue weighted by molar-refractivity contribution is 5.79. The summed E-state index contributed by atoms with van der Waals surface area (Å²) in [7, 11) is 1.69. The van der Waals surface area contributed by atoms with E-state index in [9.17, 15) is 9.18 Å². The lowest BCUT2D eigenvalue weighted by atomic mass is 9.98. The minimum absolute atomic E-state index is 0.210. The number of amides is 1. The SMILES string of the molecule is CCOc1ccc(F)cc1CCC1CCC(CCNCCCCCN2CC(c3ccc(OC)c(OC4CCCC4)c3)CC2=O)O1. The number of nitrogens with one attached hydrogen (secondary N) is 1. The van der Waals surface area contributed by atoms with Crippen molar-refractivity contribution in [3.63, 3.8) is 0 Å². The predicted octanol–water partition coefficient (Wildman–Crippen LogP) is 7.20. The summed E-state index contributed by atoms with van der Waals surface area (Å²) in [4.78, 5) is 14.8. The van der Waals surface area contributed by atoms with Crippen molar-refractivity contribution in [1.29, 1.82) is 0 Å². The first-order valence-electron chi connectivity index (χ1n) is 17.4. The summed E-state index contributed by atoms with van der Waals surface area (Å²) in [5.74, 6) is 2.62. The lowest BCUT2D eigenvalue weighted by Gasteiger charge is -2.19. The molecule has 0 aromatic heterocycles. The molecule has 2 aromatic carbocycles. The predicted molar refractivity (Wildman–Crippen MR) is 175 cm³/mol. The van der Waals surface area contributed by atoms with Gasteiger partial charge >= 0.3 is 0 Å². The Kier molecular flexibility index (Phi) is 12.8. The van der Waals surface area contributed by atoms with Crippen LogP contribution in [0.15, 0.2) is 36.4 Å². The molecule has 1 saturated carbocycles. The highest BCUT2D eigenvalue weighted by Gasteiger charge is 2.31. The zero-order valence-electron chi connectivity index (χ0n) is 27.4. The van der Waals surface area contributed by atoms with Crippen molar-refractivity contribution < 1.29 is 28.1 Å². The molecule has 1 amide bonds. The van der Waals surface area contributed by atoms with Gasteiger partial charge in [-0.15, -0.1) is 0 Å². The molecule has 0 bridgehead atoms. The topological polar surface area (TPSA) is 69.3 Å². The molecule has 1 aliphatic carbocycles. The van der Waals surface area contributed by atoms with Gasteiger partial charge in [0.05, 0.1) is 32.0 Å². The van der Waals surface area contributed by atoms with E-state index in [-0.39, 0.29) is 29.9 Å². The largest absolute Gasteiger partial charge is 0.494 e. The second-order valence-corrected chi connectivity index (χ2v) is 13.0. The Labute approximate surface area is 269 Å². The van der Waals surface area contributed by atoms with Gasteiger partial charge in [0.1, 0.15) is 11.6 Å². The summed E-state index contributed by atoms with van der Waals surface area (Å²) in [6.45, 7) is 6.08. The van der Waals surface area contributed by atoms with Crippen molar-refractivity contribution in [3.8, 4) is 17.2 Å². The van der Waals surface area contributed by atoms with Crippen LogP contribution in [-0.2, 0) is 16.0 Å². The van der Waals surface area contributed by atoms with Crippen LogP contribution in [0.1, 0.15) is 101 Å². The van der Waals surface area contributed by atoms with Crippen LogP contribution in [0.4, 0.5) is 4.39 Å². The number of nitrogens with zero attached hydrogens (tertiary/aromatic N) is 1. The second-order valence-electron chi connectivity index (χ2n) is 13.0. The highest BCUT2D eigenvalue weighted by Crippen LogP contribution is 2.37. The van der Waals surface area contributed by atoms with Gasteiger partial charge < -0.3 is 29.2 Å². The van der Waals surface area contributed by atoms with Crippen molar-refractivity contribution in [2.75, 3.05) is 39.9 Å². The monoisotopic (exact) mass is 624 g/mol. The van der Waals surface area contributed by atoms with Gasteiger partial charge in [-0.05, 0) is 132 Å². The first-order valence-corrected chi connectivity index (χ1v) is 17.4.